The standard InChI is InChI=1S/C18H24N2O3/c1-2-7-19-10-14-6-5-13(9-16(14)11-19)17(21)20-8-3-4-15(12-20)18(22)23/h5-6,9,15H,2-4,7-8,10-12H2,1H3,(H,22,23). The highest BCUT2D eigenvalue weighted by molar-refractivity contribution is 5.95. The van der Waals surface area contributed by atoms with E-state index in [1.807, 2.05) is 12.1 Å². The second-order valence-corrected chi connectivity index (χ2v) is 6.62. The molecule has 1 fully saturated rings. The van der Waals surface area contributed by atoms with Crippen LogP contribution in [0.15, 0.2) is 18.2 Å². The van der Waals surface area contributed by atoms with Crippen molar-refractivity contribution in [3.63, 3.8) is 0 Å². The maximum atomic E-state index is 12.7. The number of aliphatic carboxylic acids is 1. The summed E-state index contributed by atoms with van der Waals surface area (Å²) in [7, 11) is 0. The Hall–Kier alpha value is -1.88. The summed E-state index contributed by atoms with van der Waals surface area (Å²) < 4.78 is 0. The van der Waals surface area contributed by atoms with Crippen molar-refractivity contribution in [3.8, 4) is 0 Å². The van der Waals surface area contributed by atoms with E-state index in [1.54, 1.807) is 4.90 Å². The molecule has 23 heavy (non-hydrogen) atoms. The fourth-order valence-electron chi connectivity index (χ4n) is 3.62. The average molecular weight is 316 g/mol. The van der Waals surface area contributed by atoms with Crippen molar-refractivity contribution >= 4 is 11.9 Å². The minimum absolute atomic E-state index is 0.0345. The van der Waals surface area contributed by atoms with Gasteiger partial charge in [-0.1, -0.05) is 13.0 Å². The van der Waals surface area contributed by atoms with Crippen LogP contribution < -0.4 is 0 Å². The maximum Gasteiger partial charge on any atom is 0.308 e. The SMILES string of the molecule is CCCN1Cc2ccc(C(=O)N3CCCC(C(=O)O)C3)cc2C1. The van der Waals surface area contributed by atoms with Gasteiger partial charge in [0.15, 0.2) is 0 Å². The summed E-state index contributed by atoms with van der Waals surface area (Å²) in [5.74, 6) is -1.26. The Morgan fingerprint density at radius 3 is 2.78 bits per heavy atom. The molecule has 5 nitrogen and oxygen atoms in total. The molecule has 0 bridgehead atoms. The fourth-order valence-corrected chi connectivity index (χ4v) is 3.62. The van der Waals surface area contributed by atoms with Crippen LogP contribution in [0.5, 0.6) is 0 Å². The lowest BCUT2D eigenvalue weighted by atomic mass is 9.97. The van der Waals surface area contributed by atoms with Crippen molar-refractivity contribution in [1.82, 2.24) is 9.80 Å². The monoisotopic (exact) mass is 316 g/mol. The van der Waals surface area contributed by atoms with Crippen LogP contribution in [-0.2, 0) is 17.9 Å². The quantitative estimate of drug-likeness (QED) is 0.926. The van der Waals surface area contributed by atoms with Gasteiger partial charge in [-0.15, -0.1) is 0 Å². The van der Waals surface area contributed by atoms with Gasteiger partial charge in [0.25, 0.3) is 5.91 Å². The number of amides is 1. The topological polar surface area (TPSA) is 60.9 Å². The predicted octanol–water partition coefficient (Wildman–Crippen LogP) is 2.35. The van der Waals surface area contributed by atoms with Gasteiger partial charge in [-0.25, -0.2) is 0 Å². The Kier molecular flexibility index (Phi) is 4.66. The number of nitrogens with zero attached hydrogens (tertiary/aromatic N) is 2. The molecule has 2 aliphatic heterocycles. The Labute approximate surface area is 136 Å². The van der Waals surface area contributed by atoms with E-state index in [0.29, 0.717) is 25.1 Å². The van der Waals surface area contributed by atoms with E-state index in [4.69, 9.17) is 0 Å². The number of fused-ring (bicyclic) bond motifs is 1. The number of hydrogen-bond acceptors (Lipinski definition) is 3. The van der Waals surface area contributed by atoms with Crippen LogP contribution >= 0.6 is 0 Å². The number of carboxylic acids is 1. The molecule has 0 radical (unpaired) electrons. The zero-order chi connectivity index (χ0) is 16.4. The Bertz CT molecular complexity index is 614. The third-order valence-electron chi connectivity index (χ3n) is 4.84. The summed E-state index contributed by atoms with van der Waals surface area (Å²) in [5, 5.41) is 9.17. The van der Waals surface area contributed by atoms with Crippen LogP contribution in [0.1, 0.15) is 47.7 Å². The average Bonchev–Trinajstić information content (AvgIpc) is 2.96. The largest absolute Gasteiger partial charge is 0.481 e. The minimum atomic E-state index is -0.799. The van der Waals surface area contributed by atoms with E-state index in [-0.39, 0.29) is 5.91 Å². The summed E-state index contributed by atoms with van der Waals surface area (Å²) in [6.07, 6.45) is 2.55. The smallest absolute Gasteiger partial charge is 0.308 e. The minimum Gasteiger partial charge on any atom is -0.481 e. The summed E-state index contributed by atoms with van der Waals surface area (Å²) in [4.78, 5) is 27.9. The molecule has 5 heteroatoms. The molecule has 2 heterocycles. The Morgan fingerprint density at radius 1 is 1.26 bits per heavy atom. The highest BCUT2D eigenvalue weighted by Gasteiger charge is 2.29. The first-order valence-corrected chi connectivity index (χ1v) is 8.44. The van der Waals surface area contributed by atoms with Crippen LogP contribution in [0.3, 0.4) is 0 Å². The number of benzene rings is 1. The van der Waals surface area contributed by atoms with Gasteiger partial charge in [0, 0.05) is 31.7 Å². The molecule has 0 aromatic heterocycles. The molecule has 1 aromatic carbocycles. The lowest BCUT2D eigenvalue weighted by molar-refractivity contribution is -0.143. The van der Waals surface area contributed by atoms with Crippen LogP contribution in [0, 0.1) is 5.92 Å². The molecule has 0 spiro atoms. The lowest BCUT2D eigenvalue weighted by Gasteiger charge is -2.30. The molecule has 1 saturated heterocycles. The third kappa shape index (κ3) is 3.39. The van der Waals surface area contributed by atoms with Crippen LogP contribution in [0.4, 0.5) is 0 Å². The third-order valence-corrected chi connectivity index (χ3v) is 4.84. The lowest BCUT2D eigenvalue weighted by Crippen LogP contribution is -2.42. The summed E-state index contributed by atoms with van der Waals surface area (Å²) >= 11 is 0. The Balaban J connectivity index is 1.72. The van der Waals surface area contributed by atoms with E-state index >= 15 is 0 Å². The van der Waals surface area contributed by atoms with Gasteiger partial charge in [0.2, 0.25) is 0 Å². The van der Waals surface area contributed by atoms with Gasteiger partial charge >= 0.3 is 5.97 Å². The molecule has 1 unspecified atom stereocenters. The van der Waals surface area contributed by atoms with Crippen LogP contribution in [0.2, 0.25) is 0 Å². The van der Waals surface area contributed by atoms with E-state index < -0.39 is 11.9 Å². The van der Waals surface area contributed by atoms with Gasteiger partial charge < -0.3 is 10.0 Å². The van der Waals surface area contributed by atoms with Gasteiger partial charge in [-0.3, -0.25) is 14.5 Å². The van der Waals surface area contributed by atoms with Gasteiger partial charge in [-0.05, 0) is 49.1 Å². The number of carbonyl (C=O) groups excluding carboxylic acids is 1. The molecular weight excluding hydrogens is 292 g/mol. The zero-order valence-corrected chi connectivity index (χ0v) is 13.6. The summed E-state index contributed by atoms with van der Waals surface area (Å²) in [6.45, 7) is 6.09. The number of carboxylic acid groups (broad SMARTS) is 1. The van der Waals surface area contributed by atoms with Gasteiger partial charge in [0.1, 0.15) is 0 Å². The predicted molar refractivity (Wildman–Crippen MR) is 87.1 cm³/mol. The van der Waals surface area contributed by atoms with E-state index in [0.717, 1.165) is 32.5 Å². The molecule has 1 atom stereocenters. The number of carbonyl (C=O) groups is 2. The first kappa shape index (κ1) is 16.0. The number of likely N-dealkylation sites (tertiary alicyclic amines) is 1. The first-order valence-electron chi connectivity index (χ1n) is 8.44. The van der Waals surface area contributed by atoms with Crippen molar-refractivity contribution in [2.75, 3.05) is 19.6 Å². The maximum absolute atomic E-state index is 12.7. The molecule has 0 aliphatic carbocycles. The van der Waals surface area contributed by atoms with E-state index in [9.17, 15) is 14.7 Å². The molecule has 1 aromatic rings. The Morgan fingerprint density at radius 2 is 2.04 bits per heavy atom. The number of rotatable bonds is 4. The normalized spacial score (nSPS) is 21.3. The molecule has 1 amide bonds. The highest BCUT2D eigenvalue weighted by atomic mass is 16.4. The van der Waals surface area contributed by atoms with Crippen molar-refractivity contribution < 1.29 is 14.7 Å². The molecular formula is C18H24N2O3. The molecule has 1 N–H and O–H groups in total. The van der Waals surface area contributed by atoms with Crippen molar-refractivity contribution in [2.45, 2.75) is 39.3 Å². The van der Waals surface area contributed by atoms with E-state index in [1.165, 1.54) is 11.1 Å². The van der Waals surface area contributed by atoms with Crippen molar-refractivity contribution in [3.05, 3.63) is 34.9 Å². The molecule has 124 valence electrons. The van der Waals surface area contributed by atoms with Gasteiger partial charge in [-0.2, -0.15) is 0 Å². The second-order valence-electron chi connectivity index (χ2n) is 6.62. The first-order chi connectivity index (χ1) is 11.1. The van der Waals surface area contributed by atoms with Crippen LogP contribution in [-0.4, -0.2) is 46.4 Å². The van der Waals surface area contributed by atoms with Crippen molar-refractivity contribution in [2.24, 2.45) is 5.92 Å². The summed E-state index contributed by atoms with van der Waals surface area (Å²) in [6, 6.07) is 5.94. The molecule has 2 aliphatic rings. The van der Waals surface area contributed by atoms with Gasteiger partial charge in [0.05, 0.1) is 5.92 Å². The number of piperidine rings is 1. The number of hydrogen-bond donors (Lipinski definition) is 1. The van der Waals surface area contributed by atoms with Crippen molar-refractivity contribution in [1.29, 1.82) is 0 Å². The second kappa shape index (κ2) is 6.71. The summed E-state index contributed by atoms with van der Waals surface area (Å²) in [5.41, 5.74) is 3.22. The highest BCUT2D eigenvalue weighted by Crippen LogP contribution is 2.25. The fraction of sp³-hybridized carbons (Fsp3) is 0.556. The molecule has 0 saturated carbocycles. The molecule has 3 rings (SSSR count). The zero-order valence-electron chi connectivity index (χ0n) is 13.6. The van der Waals surface area contributed by atoms with E-state index in [2.05, 4.69) is 17.9 Å². The van der Waals surface area contributed by atoms with Crippen LogP contribution in [0.25, 0.3) is 0 Å².